The summed E-state index contributed by atoms with van der Waals surface area (Å²) in [5.74, 6) is 1.66. The van der Waals surface area contributed by atoms with Crippen molar-refractivity contribution in [1.29, 1.82) is 0 Å². The standard InChI is InChI=1S/C14H16N6/c1-3-20(4-2)14-11-13(16-9-17-14)19-12(18-11)10-5-7-15-8-6-10/h5-9H,3-4H2,1-2H3,(H,16,17,18,19). The molecule has 0 unspecified atom stereocenters. The molecule has 102 valence electrons. The van der Waals surface area contributed by atoms with Gasteiger partial charge in [0.25, 0.3) is 0 Å². The minimum Gasteiger partial charge on any atom is -0.355 e. The van der Waals surface area contributed by atoms with Gasteiger partial charge in [0.2, 0.25) is 0 Å². The molecule has 20 heavy (non-hydrogen) atoms. The van der Waals surface area contributed by atoms with Crippen LogP contribution in [0.4, 0.5) is 5.82 Å². The minimum absolute atomic E-state index is 0.758. The predicted molar refractivity (Wildman–Crippen MR) is 78.5 cm³/mol. The summed E-state index contributed by atoms with van der Waals surface area (Å²) in [7, 11) is 0. The Balaban J connectivity index is 2.14. The second-order valence-electron chi connectivity index (χ2n) is 4.39. The Morgan fingerprint density at radius 1 is 1.10 bits per heavy atom. The summed E-state index contributed by atoms with van der Waals surface area (Å²) in [6, 6.07) is 3.84. The van der Waals surface area contributed by atoms with Gasteiger partial charge in [0.1, 0.15) is 12.2 Å². The number of fused-ring (bicyclic) bond motifs is 1. The molecular weight excluding hydrogens is 252 g/mol. The van der Waals surface area contributed by atoms with Gasteiger partial charge in [-0.25, -0.2) is 15.0 Å². The summed E-state index contributed by atoms with van der Waals surface area (Å²) in [5.41, 5.74) is 2.56. The molecule has 0 saturated heterocycles. The maximum Gasteiger partial charge on any atom is 0.163 e. The van der Waals surface area contributed by atoms with Gasteiger partial charge in [0.15, 0.2) is 17.0 Å². The third kappa shape index (κ3) is 2.09. The highest BCUT2D eigenvalue weighted by Gasteiger charge is 2.14. The molecule has 0 aliphatic rings. The summed E-state index contributed by atoms with van der Waals surface area (Å²) in [6.45, 7) is 5.99. The first-order valence-corrected chi connectivity index (χ1v) is 6.69. The van der Waals surface area contributed by atoms with Gasteiger partial charge in [0.05, 0.1) is 0 Å². The van der Waals surface area contributed by atoms with Gasteiger partial charge in [-0.3, -0.25) is 4.98 Å². The van der Waals surface area contributed by atoms with Crippen molar-refractivity contribution in [1.82, 2.24) is 24.9 Å². The summed E-state index contributed by atoms with van der Waals surface area (Å²) < 4.78 is 0. The second-order valence-corrected chi connectivity index (χ2v) is 4.39. The lowest BCUT2D eigenvalue weighted by atomic mass is 10.2. The Morgan fingerprint density at radius 3 is 2.55 bits per heavy atom. The number of imidazole rings is 1. The third-order valence-electron chi connectivity index (χ3n) is 3.28. The monoisotopic (exact) mass is 268 g/mol. The molecule has 6 heteroatoms. The van der Waals surface area contributed by atoms with Crippen molar-refractivity contribution >= 4 is 17.0 Å². The molecule has 0 aliphatic heterocycles. The lowest BCUT2D eigenvalue weighted by Gasteiger charge is -2.19. The number of hydrogen-bond acceptors (Lipinski definition) is 5. The fraction of sp³-hybridized carbons (Fsp3) is 0.286. The number of nitrogens with zero attached hydrogens (tertiary/aromatic N) is 5. The smallest absolute Gasteiger partial charge is 0.163 e. The van der Waals surface area contributed by atoms with Crippen molar-refractivity contribution in [3.05, 3.63) is 30.9 Å². The Kier molecular flexibility index (Phi) is 3.28. The Bertz CT molecular complexity index is 702. The number of H-pyrrole nitrogens is 1. The Morgan fingerprint density at radius 2 is 1.85 bits per heavy atom. The van der Waals surface area contributed by atoms with Gasteiger partial charge in [-0.2, -0.15) is 0 Å². The van der Waals surface area contributed by atoms with E-state index in [1.807, 2.05) is 12.1 Å². The molecule has 0 spiro atoms. The molecule has 0 atom stereocenters. The predicted octanol–water partition coefficient (Wildman–Crippen LogP) is 2.26. The van der Waals surface area contributed by atoms with Crippen LogP contribution in [0, 0.1) is 0 Å². The first-order chi connectivity index (χ1) is 9.83. The van der Waals surface area contributed by atoms with Crippen LogP contribution in [0.2, 0.25) is 0 Å². The van der Waals surface area contributed by atoms with E-state index in [0.29, 0.717) is 0 Å². The molecule has 0 aliphatic carbocycles. The normalized spacial score (nSPS) is 10.9. The SMILES string of the molecule is CCN(CC)c1ncnc2[nH]c(-c3ccncc3)nc12. The van der Waals surface area contributed by atoms with Crippen molar-refractivity contribution in [3.63, 3.8) is 0 Å². The first-order valence-electron chi connectivity index (χ1n) is 6.69. The van der Waals surface area contributed by atoms with Crippen molar-refractivity contribution in [2.45, 2.75) is 13.8 Å². The highest BCUT2D eigenvalue weighted by molar-refractivity contribution is 5.85. The highest BCUT2D eigenvalue weighted by atomic mass is 15.2. The van der Waals surface area contributed by atoms with Crippen molar-refractivity contribution in [2.75, 3.05) is 18.0 Å². The van der Waals surface area contributed by atoms with E-state index in [1.165, 1.54) is 0 Å². The van der Waals surface area contributed by atoms with Gasteiger partial charge < -0.3 is 9.88 Å². The van der Waals surface area contributed by atoms with Crippen molar-refractivity contribution in [3.8, 4) is 11.4 Å². The number of rotatable bonds is 4. The van der Waals surface area contributed by atoms with Crippen LogP contribution in [0.15, 0.2) is 30.9 Å². The Labute approximate surface area is 116 Å². The molecule has 3 aromatic heterocycles. The Hall–Kier alpha value is -2.50. The topological polar surface area (TPSA) is 70.6 Å². The highest BCUT2D eigenvalue weighted by Crippen LogP contribution is 2.24. The van der Waals surface area contributed by atoms with Crippen LogP contribution in [-0.2, 0) is 0 Å². The van der Waals surface area contributed by atoms with E-state index in [-0.39, 0.29) is 0 Å². The van der Waals surface area contributed by atoms with E-state index in [0.717, 1.165) is 41.5 Å². The van der Waals surface area contributed by atoms with Gasteiger partial charge in [-0.15, -0.1) is 0 Å². The zero-order chi connectivity index (χ0) is 13.9. The van der Waals surface area contributed by atoms with Crippen LogP contribution < -0.4 is 4.90 Å². The number of pyridine rings is 1. The van der Waals surface area contributed by atoms with Crippen molar-refractivity contribution < 1.29 is 0 Å². The molecular formula is C14H16N6. The summed E-state index contributed by atoms with van der Waals surface area (Å²) in [4.78, 5) is 22.7. The maximum absolute atomic E-state index is 4.65. The molecule has 0 saturated carbocycles. The van der Waals surface area contributed by atoms with Crippen LogP contribution in [0.3, 0.4) is 0 Å². The molecule has 0 aromatic carbocycles. The fourth-order valence-corrected chi connectivity index (χ4v) is 2.22. The maximum atomic E-state index is 4.65. The minimum atomic E-state index is 0.758. The zero-order valence-electron chi connectivity index (χ0n) is 11.5. The molecule has 3 heterocycles. The second kappa shape index (κ2) is 5.24. The molecule has 1 N–H and O–H groups in total. The number of hydrogen-bond donors (Lipinski definition) is 1. The lowest BCUT2D eigenvalue weighted by Crippen LogP contribution is -2.23. The van der Waals surface area contributed by atoms with E-state index >= 15 is 0 Å². The average molecular weight is 268 g/mol. The van der Waals surface area contributed by atoms with E-state index in [1.54, 1.807) is 18.7 Å². The van der Waals surface area contributed by atoms with E-state index in [2.05, 4.69) is 43.7 Å². The average Bonchev–Trinajstić information content (AvgIpc) is 2.94. The fourth-order valence-electron chi connectivity index (χ4n) is 2.22. The van der Waals surface area contributed by atoms with Gasteiger partial charge in [-0.1, -0.05) is 0 Å². The summed E-state index contributed by atoms with van der Waals surface area (Å²) in [6.07, 6.45) is 5.07. The number of nitrogens with one attached hydrogen (secondary N) is 1. The van der Waals surface area contributed by atoms with Crippen LogP contribution in [0.25, 0.3) is 22.6 Å². The molecule has 0 amide bonds. The van der Waals surface area contributed by atoms with E-state index in [4.69, 9.17) is 0 Å². The third-order valence-corrected chi connectivity index (χ3v) is 3.28. The molecule has 3 aromatic rings. The van der Waals surface area contributed by atoms with Crippen LogP contribution >= 0.6 is 0 Å². The zero-order valence-corrected chi connectivity index (χ0v) is 11.5. The van der Waals surface area contributed by atoms with Crippen molar-refractivity contribution in [2.24, 2.45) is 0 Å². The molecule has 0 bridgehead atoms. The number of anilines is 1. The summed E-state index contributed by atoms with van der Waals surface area (Å²) >= 11 is 0. The number of aromatic nitrogens is 5. The van der Waals surface area contributed by atoms with Gasteiger partial charge >= 0.3 is 0 Å². The van der Waals surface area contributed by atoms with Crippen LogP contribution in [0.5, 0.6) is 0 Å². The lowest BCUT2D eigenvalue weighted by molar-refractivity contribution is 0.847. The van der Waals surface area contributed by atoms with E-state index in [9.17, 15) is 0 Å². The number of aromatic amines is 1. The molecule has 3 rings (SSSR count). The summed E-state index contributed by atoms with van der Waals surface area (Å²) in [5, 5.41) is 0. The quantitative estimate of drug-likeness (QED) is 0.786. The van der Waals surface area contributed by atoms with Gasteiger partial charge in [0, 0.05) is 31.0 Å². The molecule has 0 radical (unpaired) electrons. The largest absolute Gasteiger partial charge is 0.355 e. The molecule has 6 nitrogen and oxygen atoms in total. The molecule has 0 fully saturated rings. The van der Waals surface area contributed by atoms with Crippen LogP contribution in [-0.4, -0.2) is 38.0 Å². The van der Waals surface area contributed by atoms with Crippen LogP contribution in [0.1, 0.15) is 13.8 Å². The van der Waals surface area contributed by atoms with Gasteiger partial charge in [-0.05, 0) is 26.0 Å². The first kappa shape index (κ1) is 12.5. The van der Waals surface area contributed by atoms with E-state index < -0.39 is 0 Å².